The number of amides is 1. The first-order valence-electron chi connectivity index (χ1n) is 10.8. The maximum Gasteiger partial charge on any atom is 0.253 e. The molecular formula is C24H26N6O. The van der Waals surface area contributed by atoms with Crippen molar-refractivity contribution in [3.63, 3.8) is 0 Å². The van der Waals surface area contributed by atoms with Gasteiger partial charge in [-0.2, -0.15) is 4.52 Å². The molecule has 2 aromatic carbocycles. The Labute approximate surface area is 181 Å². The van der Waals surface area contributed by atoms with Gasteiger partial charge in [-0.05, 0) is 42.7 Å². The lowest BCUT2D eigenvalue weighted by atomic mass is 10.0. The minimum absolute atomic E-state index is 0.0863. The van der Waals surface area contributed by atoms with Gasteiger partial charge in [0.25, 0.3) is 5.91 Å². The van der Waals surface area contributed by atoms with Gasteiger partial charge in [-0.15, -0.1) is 5.10 Å². The van der Waals surface area contributed by atoms with Gasteiger partial charge in [0.15, 0.2) is 5.65 Å². The van der Waals surface area contributed by atoms with Crippen LogP contribution in [0.2, 0.25) is 0 Å². The molecule has 5 rings (SSSR count). The fourth-order valence-corrected chi connectivity index (χ4v) is 4.15. The highest BCUT2D eigenvalue weighted by molar-refractivity contribution is 5.94. The van der Waals surface area contributed by atoms with E-state index in [0.717, 1.165) is 33.9 Å². The molecule has 0 bridgehead atoms. The smallest absolute Gasteiger partial charge is 0.253 e. The third-order valence-electron chi connectivity index (χ3n) is 5.94. The Morgan fingerprint density at radius 1 is 0.935 bits per heavy atom. The van der Waals surface area contributed by atoms with Gasteiger partial charge in [0.2, 0.25) is 5.95 Å². The number of anilines is 1. The minimum Gasteiger partial charge on any atom is -0.337 e. The van der Waals surface area contributed by atoms with Crippen LogP contribution in [-0.4, -0.2) is 56.6 Å². The molecule has 1 aliphatic rings. The zero-order valence-electron chi connectivity index (χ0n) is 18.1. The average molecular weight is 415 g/mol. The van der Waals surface area contributed by atoms with E-state index in [4.69, 9.17) is 4.98 Å². The van der Waals surface area contributed by atoms with Crippen molar-refractivity contribution in [3.8, 4) is 0 Å². The SMILES string of the molecule is Cc1nc2c3ccccc3nc(N3CCN(C(=O)c4ccc(C(C)C)cc4)CC3)n2n1. The van der Waals surface area contributed by atoms with Crippen molar-refractivity contribution in [3.05, 3.63) is 65.5 Å². The first-order valence-corrected chi connectivity index (χ1v) is 10.8. The number of para-hydroxylation sites is 1. The topological polar surface area (TPSA) is 66.6 Å². The molecule has 1 aliphatic heterocycles. The highest BCUT2D eigenvalue weighted by Gasteiger charge is 2.25. The zero-order valence-corrected chi connectivity index (χ0v) is 18.1. The van der Waals surface area contributed by atoms with Crippen LogP contribution in [0.1, 0.15) is 41.5 Å². The van der Waals surface area contributed by atoms with E-state index >= 15 is 0 Å². The molecule has 0 unspecified atom stereocenters. The van der Waals surface area contributed by atoms with E-state index < -0.39 is 0 Å². The molecule has 0 atom stereocenters. The quantitative estimate of drug-likeness (QED) is 0.512. The molecule has 2 aromatic heterocycles. The molecule has 0 saturated carbocycles. The molecule has 7 heteroatoms. The second kappa shape index (κ2) is 7.65. The van der Waals surface area contributed by atoms with Crippen molar-refractivity contribution < 1.29 is 4.79 Å². The lowest BCUT2D eigenvalue weighted by Crippen LogP contribution is -2.49. The maximum absolute atomic E-state index is 13.0. The van der Waals surface area contributed by atoms with Crippen molar-refractivity contribution in [2.45, 2.75) is 26.7 Å². The van der Waals surface area contributed by atoms with Crippen LogP contribution in [0.5, 0.6) is 0 Å². The number of aryl methyl sites for hydroxylation is 1. The van der Waals surface area contributed by atoms with Crippen LogP contribution in [0.4, 0.5) is 5.95 Å². The normalized spacial score (nSPS) is 14.7. The average Bonchev–Trinajstić information content (AvgIpc) is 3.20. The van der Waals surface area contributed by atoms with E-state index in [1.165, 1.54) is 5.56 Å². The van der Waals surface area contributed by atoms with Crippen molar-refractivity contribution in [1.82, 2.24) is 24.5 Å². The van der Waals surface area contributed by atoms with Gasteiger partial charge in [0.1, 0.15) is 5.82 Å². The van der Waals surface area contributed by atoms with E-state index in [9.17, 15) is 4.79 Å². The summed E-state index contributed by atoms with van der Waals surface area (Å²) in [5.41, 5.74) is 3.72. The molecule has 1 amide bonds. The number of rotatable bonds is 3. The van der Waals surface area contributed by atoms with Gasteiger partial charge in [-0.25, -0.2) is 9.97 Å². The highest BCUT2D eigenvalue weighted by Crippen LogP contribution is 2.24. The molecule has 7 nitrogen and oxygen atoms in total. The predicted octanol–water partition coefficient (Wildman–Crippen LogP) is 3.67. The van der Waals surface area contributed by atoms with Crippen molar-refractivity contribution >= 4 is 28.4 Å². The van der Waals surface area contributed by atoms with Crippen LogP contribution in [0.25, 0.3) is 16.6 Å². The van der Waals surface area contributed by atoms with E-state index in [2.05, 4.69) is 41.0 Å². The summed E-state index contributed by atoms with van der Waals surface area (Å²) in [6.45, 7) is 8.91. The number of hydrogen-bond donors (Lipinski definition) is 0. The molecule has 4 aromatic rings. The Kier molecular flexibility index (Phi) is 4.81. The van der Waals surface area contributed by atoms with E-state index in [0.29, 0.717) is 32.1 Å². The van der Waals surface area contributed by atoms with Crippen LogP contribution < -0.4 is 4.90 Å². The Hall–Kier alpha value is -3.48. The van der Waals surface area contributed by atoms with Crippen molar-refractivity contribution in [1.29, 1.82) is 0 Å². The molecular weight excluding hydrogens is 388 g/mol. The van der Waals surface area contributed by atoms with E-state index in [-0.39, 0.29) is 5.91 Å². The molecule has 0 radical (unpaired) electrons. The first-order chi connectivity index (χ1) is 15.0. The van der Waals surface area contributed by atoms with Gasteiger partial charge < -0.3 is 9.80 Å². The Morgan fingerprint density at radius 3 is 2.35 bits per heavy atom. The summed E-state index contributed by atoms with van der Waals surface area (Å²) in [4.78, 5) is 26.6. The third kappa shape index (κ3) is 3.50. The summed E-state index contributed by atoms with van der Waals surface area (Å²) in [6, 6.07) is 16.0. The van der Waals surface area contributed by atoms with E-state index in [1.807, 2.05) is 52.7 Å². The van der Waals surface area contributed by atoms with Gasteiger partial charge in [0.05, 0.1) is 5.52 Å². The van der Waals surface area contributed by atoms with Gasteiger partial charge in [-0.1, -0.05) is 38.1 Å². The lowest BCUT2D eigenvalue weighted by molar-refractivity contribution is 0.0746. The highest BCUT2D eigenvalue weighted by atomic mass is 16.2. The number of carbonyl (C=O) groups is 1. The fraction of sp³-hybridized carbons (Fsp3) is 0.333. The number of carbonyl (C=O) groups excluding carboxylic acids is 1. The zero-order chi connectivity index (χ0) is 21.5. The van der Waals surface area contributed by atoms with Gasteiger partial charge in [-0.3, -0.25) is 4.79 Å². The number of benzene rings is 2. The summed E-state index contributed by atoms with van der Waals surface area (Å²) in [7, 11) is 0. The van der Waals surface area contributed by atoms with Crippen LogP contribution in [-0.2, 0) is 0 Å². The summed E-state index contributed by atoms with van der Waals surface area (Å²) >= 11 is 0. The largest absolute Gasteiger partial charge is 0.337 e. The minimum atomic E-state index is 0.0863. The van der Waals surface area contributed by atoms with Crippen LogP contribution in [0, 0.1) is 6.92 Å². The molecule has 0 N–H and O–H groups in total. The van der Waals surface area contributed by atoms with Crippen LogP contribution in [0.15, 0.2) is 48.5 Å². The standard InChI is InChI=1S/C24H26N6O/c1-16(2)18-8-10-19(11-9-18)23(31)28-12-14-29(15-13-28)24-26-21-7-5-4-6-20(21)22-25-17(3)27-30(22)24/h4-11,16H,12-15H2,1-3H3. The lowest BCUT2D eigenvalue weighted by Gasteiger charge is -2.35. The van der Waals surface area contributed by atoms with Crippen molar-refractivity contribution in [2.75, 3.05) is 31.1 Å². The number of fused-ring (bicyclic) bond motifs is 3. The molecule has 0 spiro atoms. The van der Waals surface area contributed by atoms with Crippen LogP contribution >= 0.6 is 0 Å². The fourth-order valence-electron chi connectivity index (χ4n) is 4.15. The summed E-state index contributed by atoms with van der Waals surface area (Å²) < 4.78 is 1.83. The maximum atomic E-state index is 13.0. The molecule has 3 heterocycles. The molecule has 158 valence electrons. The Bertz CT molecular complexity index is 1250. The number of piperazine rings is 1. The Balaban J connectivity index is 1.38. The summed E-state index contributed by atoms with van der Waals surface area (Å²) in [5, 5.41) is 5.57. The third-order valence-corrected chi connectivity index (χ3v) is 5.94. The van der Waals surface area contributed by atoms with Gasteiger partial charge >= 0.3 is 0 Å². The molecule has 1 fully saturated rings. The van der Waals surface area contributed by atoms with Crippen molar-refractivity contribution in [2.24, 2.45) is 0 Å². The number of aromatic nitrogens is 4. The Morgan fingerprint density at radius 2 is 1.65 bits per heavy atom. The number of nitrogens with zero attached hydrogens (tertiary/aromatic N) is 6. The van der Waals surface area contributed by atoms with Gasteiger partial charge in [0, 0.05) is 37.1 Å². The number of hydrogen-bond acceptors (Lipinski definition) is 5. The monoisotopic (exact) mass is 414 g/mol. The molecule has 0 aliphatic carbocycles. The summed E-state index contributed by atoms with van der Waals surface area (Å²) in [6.07, 6.45) is 0. The van der Waals surface area contributed by atoms with E-state index in [1.54, 1.807) is 0 Å². The first kappa shape index (κ1) is 19.5. The predicted molar refractivity (Wildman–Crippen MR) is 122 cm³/mol. The van der Waals surface area contributed by atoms with Crippen LogP contribution in [0.3, 0.4) is 0 Å². The second-order valence-corrected chi connectivity index (χ2v) is 8.38. The molecule has 31 heavy (non-hydrogen) atoms. The summed E-state index contributed by atoms with van der Waals surface area (Å²) in [5.74, 6) is 2.04. The second-order valence-electron chi connectivity index (χ2n) is 8.38. The molecule has 1 saturated heterocycles.